The lowest BCUT2D eigenvalue weighted by atomic mass is 9.95. The van der Waals surface area contributed by atoms with Gasteiger partial charge in [-0.25, -0.2) is 4.79 Å². The van der Waals surface area contributed by atoms with Gasteiger partial charge in [-0.3, -0.25) is 0 Å². The molecule has 0 atom stereocenters. The molecule has 0 aromatic heterocycles. The lowest BCUT2D eigenvalue weighted by molar-refractivity contribution is -0.199. The highest BCUT2D eigenvalue weighted by atomic mass is 127. The highest BCUT2D eigenvalue weighted by molar-refractivity contribution is 14.1. The van der Waals surface area contributed by atoms with Crippen LogP contribution in [0.25, 0.3) is 5.57 Å². The summed E-state index contributed by atoms with van der Waals surface area (Å²) in [5.41, 5.74) is 5.86. The van der Waals surface area contributed by atoms with Gasteiger partial charge < -0.3 is 9.47 Å². The van der Waals surface area contributed by atoms with Crippen molar-refractivity contribution in [3.05, 3.63) is 74.4 Å². The summed E-state index contributed by atoms with van der Waals surface area (Å²) in [4.78, 5) is 10.6. The van der Waals surface area contributed by atoms with Crippen molar-refractivity contribution in [3.8, 4) is 0 Å². The van der Waals surface area contributed by atoms with E-state index < -0.39 is 12.1 Å². The topological polar surface area (TPSA) is 35.5 Å². The summed E-state index contributed by atoms with van der Waals surface area (Å²) in [5, 5.41) is 0. The molecule has 0 N–H and O–H groups in total. The minimum Gasteiger partial charge on any atom is -0.459 e. The molecule has 0 saturated heterocycles. The summed E-state index contributed by atoms with van der Waals surface area (Å²) in [6.45, 7) is 4.78. The van der Waals surface area contributed by atoms with Crippen molar-refractivity contribution in [3.63, 3.8) is 0 Å². The largest absolute Gasteiger partial charge is 0.490 e. The first-order valence-corrected chi connectivity index (χ1v) is 11.1. The molecule has 31 heavy (non-hydrogen) atoms. The fourth-order valence-electron chi connectivity index (χ4n) is 3.02. The molecule has 0 radical (unpaired) electrons. The number of carbonyl (C=O) groups is 1. The summed E-state index contributed by atoms with van der Waals surface area (Å²) in [5.74, 6) is -2.15. The minimum atomic E-state index is -4.94. The molecule has 0 saturated carbocycles. The molecular weight excluding hydrogens is 520 g/mol. The van der Waals surface area contributed by atoms with Crippen LogP contribution in [0.15, 0.2) is 52.1 Å². The van der Waals surface area contributed by atoms with Gasteiger partial charge in [-0.2, -0.15) is 13.2 Å². The Morgan fingerprint density at radius 1 is 0.903 bits per heavy atom. The molecule has 2 aromatic rings. The van der Waals surface area contributed by atoms with Gasteiger partial charge in [-0.05, 0) is 66.0 Å². The third-order valence-electron chi connectivity index (χ3n) is 4.50. The maximum atomic E-state index is 12.1. The number of hydrogen-bond donors (Lipinski definition) is 0. The summed E-state index contributed by atoms with van der Waals surface area (Å²) in [6, 6.07) is 16.8. The van der Waals surface area contributed by atoms with Crippen LogP contribution in [-0.4, -0.2) is 32.0 Å². The Bertz CT molecular complexity index is 859. The number of hydrogen-bond acceptors (Lipinski definition) is 3. The Hall–Kier alpha value is -1.87. The normalized spacial score (nSPS) is 11.3. The molecule has 0 amide bonds. The van der Waals surface area contributed by atoms with Crippen LogP contribution in [0.2, 0.25) is 0 Å². The predicted octanol–water partition coefficient (Wildman–Crippen LogP) is 6.79. The standard InChI is InChI=1S/C24H26F3IO3/c1-17-7-5-9-19(15-17)22(20-10-6-8-18(2)16-20)21(28)11-14-30-12-3-4-13-31-23(29)24(25,26)27/h5-10,15-16H,3-4,11-14H2,1-2H3. The molecule has 0 aliphatic rings. The predicted molar refractivity (Wildman–Crippen MR) is 124 cm³/mol. The Labute approximate surface area is 194 Å². The van der Waals surface area contributed by atoms with E-state index in [4.69, 9.17) is 4.74 Å². The maximum absolute atomic E-state index is 12.1. The smallest absolute Gasteiger partial charge is 0.459 e. The van der Waals surface area contributed by atoms with E-state index in [2.05, 4.69) is 77.6 Å². The van der Waals surface area contributed by atoms with Crippen molar-refractivity contribution < 1.29 is 27.4 Å². The fraction of sp³-hybridized carbons (Fsp3) is 0.375. The lowest BCUT2D eigenvalue weighted by Crippen LogP contribution is -2.25. The van der Waals surface area contributed by atoms with Crippen molar-refractivity contribution in [1.29, 1.82) is 0 Å². The summed E-state index contributed by atoms with van der Waals surface area (Å²) in [6.07, 6.45) is -3.37. The van der Waals surface area contributed by atoms with E-state index in [0.717, 1.165) is 17.5 Å². The second-order valence-electron chi connectivity index (χ2n) is 7.22. The zero-order valence-electron chi connectivity index (χ0n) is 17.6. The van der Waals surface area contributed by atoms with Gasteiger partial charge in [0, 0.05) is 16.6 Å². The van der Waals surface area contributed by atoms with Crippen molar-refractivity contribution in [2.75, 3.05) is 19.8 Å². The van der Waals surface area contributed by atoms with Crippen LogP contribution in [0.4, 0.5) is 13.2 Å². The van der Waals surface area contributed by atoms with Crippen LogP contribution in [-0.2, 0) is 14.3 Å². The molecule has 2 aromatic carbocycles. The third kappa shape index (κ3) is 8.65. The second kappa shape index (κ2) is 12.2. The molecule has 0 bridgehead atoms. The van der Waals surface area contributed by atoms with E-state index in [1.165, 1.54) is 20.3 Å². The number of aryl methyl sites for hydroxylation is 2. The van der Waals surface area contributed by atoms with E-state index >= 15 is 0 Å². The number of rotatable bonds is 10. The van der Waals surface area contributed by atoms with E-state index in [-0.39, 0.29) is 6.61 Å². The van der Waals surface area contributed by atoms with Crippen LogP contribution >= 0.6 is 22.6 Å². The molecule has 0 unspecified atom stereocenters. The van der Waals surface area contributed by atoms with Gasteiger partial charge in [0.2, 0.25) is 0 Å². The van der Waals surface area contributed by atoms with E-state index in [9.17, 15) is 18.0 Å². The van der Waals surface area contributed by atoms with Crippen molar-refractivity contribution in [1.82, 2.24) is 0 Å². The molecule has 0 spiro atoms. The third-order valence-corrected chi connectivity index (χ3v) is 5.58. The number of ether oxygens (including phenoxy) is 2. The molecule has 2 rings (SSSR count). The fourth-order valence-corrected chi connectivity index (χ4v) is 3.87. The molecule has 0 aliphatic heterocycles. The number of carbonyl (C=O) groups excluding carboxylic acids is 1. The van der Waals surface area contributed by atoms with Gasteiger partial charge in [-0.15, -0.1) is 0 Å². The van der Waals surface area contributed by atoms with Crippen LogP contribution in [0.3, 0.4) is 0 Å². The van der Waals surface area contributed by atoms with Gasteiger partial charge >= 0.3 is 12.1 Å². The monoisotopic (exact) mass is 546 g/mol. The number of esters is 1. The van der Waals surface area contributed by atoms with Gasteiger partial charge in [0.25, 0.3) is 0 Å². The molecule has 7 heteroatoms. The summed E-state index contributed by atoms with van der Waals surface area (Å²) >= 11 is 2.36. The van der Waals surface area contributed by atoms with Gasteiger partial charge in [0.1, 0.15) is 0 Å². The first kappa shape index (κ1) is 25.4. The number of halogens is 4. The zero-order valence-corrected chi connectivity index (χ0v) is 19.8. The Morgan fingerprint density at radius 2 is 1.45 bits per heavy atom. The first-order chi connectivity index (χ1) is 14.7. The molecule has 3 nitrogen and oxygen atoms in total. The Balaban J connectivity index is 1.90. The highest BCUT2D eigenvalue weighted by Gasteiger charge is 2.40. The maximum Gasteiger partial charge on any atom is 0.490 e. The number of alkyl halides is 3. The van der Waals surface area contributed by atoms with Gasteiger partial charge in [0.15, 0.2) is 0 Å². The molecule has 0 fully saturated rings. The average Bonchev–Trinajstić information content (AvgIpc) is 2.69. The van der Waals surface area contributed by atoms with Crippen LogP contribution in [0.1, 0.15) is 41.5 Å². The quantitative estimate of drug-likeness (QED) is 0.187. The Kier molecular flexibility index (Phi) is 10.0. The van der Waals surface area contributed by atoms with Gasteiger partial charge in [-0.1, -0.05) is 59.7 Å². The van der Waals surface area contributed by atoms with E-state index in [0.29, 0.717) is 26.1 Å². The average molecular weight is 546 g/mol. The van der Waals surface area contributed by atoms with Crippen molar-refractivity contribution in [2.24, 2.45) is 0 Å². The SMILES string of the molecule is Cc1cccc(C(=C(I)CCOCCCCOC(=O)C(F)(F)F)c2cccc(C)c2)c1. The summed E-state index contributed by atoms with van der Waals surface area (Å²) < 4.78 is 47.1. The van der Waals surface area contributed by atoms with Crippen molar-refractivity contribution in [2.45, 2.75) is 39.3 Å². The molecule has 0 heterocycles. The van der Waals surface area contributed by atoms with Crippen LogP contribution in [0, 0.1) is 13.8 Å². The highest BCUT2D eigenvalue weighted by Crippen LogP contribution is 2.33. The van der Waals surface area contributed by atoms with Crippen LogP contribution in [0.5, 0.6) is 0 Å². The minimum absolute atomic E-state index is 0.260. The van der Waals surface area contributed by atoms with Crippen LogP contribution < -0.4 is 0 Å². The summed E-state index contributed by atoms with van der Waals surface area (Å²) in [7, 11) is 0. The molecule has 168 valence electrons. The van der Waals surface area contributed by atoms with Gasteiger partial charge in [0.05, 0.1) is 13.2 Å². The lowest BCUT2D eigenvalue weighted by Gasteiger charge is -2.14. The van der Waals surface area contributed by atoms with E-state index in [1.54, 1.807) is 0 Å². The Morgan fingerprint density at radius 3 is 1.97 bits per heavy atom. The van der Waals surface area contributed by atoms with Crippen molar-refractivity contribution >= 4 is 34.1 Å². The second-order valence-corrected chi connectivity index (χ2v) is 8.52. The number of unbranched alkanes of at least 4 members (excludes halogenated alkanes) is 1. The molecule has 0 aliphatic carbocycles. The first-order valence-electron chi connectivity index (χ1n) is 10.0. The van der Waals surface area contributed by atoms with E-state index in [1.807, 2.05) is 12.1 Å². The zero-order chi connectivity index (χ0) is 22.9. The molecular formula is C24H26F3IO3. The number of benzene rings is 2.